The van der Waals surface area contributed by atoms with Crippen LogP contribution in [0, 0.1) is 0 Å². The molecule has 0 spiro atoms. The first kappa shape index (κ1) is 19.5. The van der Waals surface area contributed by atoms with Gasteiger partial charge in [0.1, 0.15) is 5.82 Å². The third kappa shape index (κ3) is 4.95. The molecule has 1 aliphatic heterocycles. The molecule has 1 N–H and O–H groups in total. The molecule has 146 valence electrons. The summed E-state index contributed by atoms with van der Waals surface area (Å²) in [5.74, 6) is 0.700. The largest absolute Gasteiger partial charge is 0.379 e. The molecule has 0 unspecified atom stereocenters. The Morgan fingerprint density at radius 1 is 1.26 bits per heavy atom. The SMILES string of the molecule is CC(C)OCCCNC(=O)c1ccc2c(=O)n3c(nc2c1)CCCCCC3. The Morgan fingerprint density at radius 2 is 2.07 bits per heavy atom. The molecule has 0 saturated heterocycles. The van der Waals surface area contributed by atoms with E-state index in [1.54, 1.807) is 18.2 Å². The Labute approximate surface area is 159 Å². The Balaban J connectivity index is 1.75. The minimum Gasteiger partial charge on any atom is -0.379 e. The molecule has 0 saturated carbocycles. The number of hydrogen-bond donors (Lipinski definition) is 1. The summed E-state index contributed by atoms with van der Waals surface area (Å²) in [6.45, 7) is 5.90. The predicted octanol–water partition coefficient (Wildman–Crippen LogP) is 3.06. The molecule has 0 bridgehead atoms. The summed E-state index contributed by atoms with van der Waals surface area (Å²) < 4.78 is 7.29. The summed E-state index contributed by atoms with van der Waals surface area (Å²) in [5.41, 5.74) is 1.16. The van der Waals surface area contributed by atoms with Crippen LogP contribution in [0.2, 0.25) is 0 Å². The Hall–Kier alpha value is -2.21. The second-order valence-electron chi connectivity index (χ2n) is 7.41. The zero-order chi connectivity index (χ0) is 19.2. The average Bonchev–Trinajstić information content (AvgIpc) is 2.62. The molecule has 0 aliphatic carbocycles. The van der Waals surface area contributed by atoms with E-state index in [0.29, 0.717) is 29.6 Å². The van der Waals surface area contributed by atoms with Gasteiger partial charge in [-0.1, -0.05) is 12.8 Å². The zero-order valence-electron chi connectivity index (χ0n) is 16.3. The van der Waals surface area contributed by atoms with Crippen LogP contribution < -0.4 is 10.9 Å². The van der Waals surface area contributed by atoms with E-state index in [1.807, 2.05) is 18.4 Å². The molecule has 1 aromatic heterocycles. The molecule has 1 aromatic carbocycles. The first-order chi connectivity index (χ1) is 13.1. The van der Waals surface area contributed by atoms with Gasteiger partial charge in [-0.3, -0.25) is 14.2 Å². The second-order valence-corrected chi connectivity index (χ2v) is 7.41. The number of benzene rings is 1. The first-order valence-corrected chi connectivity index (χ1v) is 9.99. The maximum absolute atomic E-state index is 12.8. The Kier molecular flexibility index (Phi) is 6.61. The number of carbonyl (C=O) groups is 1. The number of fused-ring (bicyclic) bond motifs is 2. The molecule has 6 heteroatoms. The number of nitrogens with zero attached hydrogens (tertiary/aromatic N) is 2. The van der Waals surface area contributed by atoms with Crippen LogP contribution in [-0.2, 0) is 17.7 Å². The lowest BCUT2D eigenvalue weighted by Crippen LogP contribution is -2.28. The molecule has 0 atom stereocenters. The number of ether oxygens (including phenoxy) is 1. The maximum atomic E-state index is 12.8. The lowest BCUT2D eigenvalue weighted by Gasteiger charge is -2.16. The van der Waals surface area contributed by atoms with E-state index in [-0.39, 0.29) is 17.6 Å². The van der Waals surface area contributed by atoms with E-state index in [2.05, 4.69) is 5.32 Å². The first-order valence-electron chi connectivity index (χ1n) is 9.99. The number of aryl methyl sites for hydroxylation is 1. The molecule has 1 aliphatic rings. The summed E-state index contributed by atoms with van der Waals surface area (Å²) in [4.78, 5) is 29.9. The topological polar surface area (TPSA) is 73.2 Å². The molecule has 0 radical (unpaired) electrons. The van der Waals surface area contributed by atoms with Crippen LogP contribution in [0.1, 0.15) is 62.1 Å². The van der Waals surface area contributed by atoms with E-state index in [4.69, 9.17) is 9.72 Å². The third-order valence-electron chi connectivity index (χ3n) is 4.89. The molecule has 27 heavy (non-hydrogen) atoms. The molecule has 0 fully saturated rings. The summed E-state index contributed by atoms with van der Waals surface area (Å²) in [6.07, 6.45) is 6.19. The minimum absolute atomic E-state index is 0.00897. The highest BCUT2D eigenvalue weighted by Gasteiger charge is 2.14. The van der Waals surface area contributed by atoms with Gasteiger partial charge in [0, 0.05) is 31.7 Å². The number of hydrogen-bond acceptors (Lipinski definition) is 4. The van der Waals surface area contributed by atoms with Crippen molar-refractivity contribution in [1.29, 1.82) is 0 Å². The fourth-order valence-electron chi connectivity index (χ4n) is 3.43. The number of aromatic nitrogens is 2. The van der Waals surface area contributed by atoms with E-state index < -0.39 is 0 Å². The molecule has 3 rings (SSSR count). The highest BCUT2D eigenvalue weighted by molar-refractivity contribution is 5.97. The van der Waals surface area contributed by atoms with Gasteiger partial charge in [0.15, 0.2) is 0 Å². The minimum atomic E-state index is -0.143. The van der Waals surface area contributed by atoms with E-state index in [9.17, 15) is 9.59 Å². The molecule has 2 aromatic rings. The van der Waals surface area contributed by atoms with Crippen LogP contribution in [0.4, 0.5) is 0 Å². The maximum Gasteiger partial charge on any atom is 0.261 e. The molecule has 2 heterocycles. The van der Waals surface area contributed by atoms with Crippen LogP contribution in [0.5, 0.6) is 0 Å². The number of carbonyl (C=O) groups excluding carboxylic acids is 1. The van der Waals surface area contributed by atoms with Crippen molar-refractivity contribution in [2.45, 2.75) is 65.0 Å². The highest BCUT2D eigenvalue weighted by Crippen LogP contribution is 2.16. The third-order valence-corrected chi connectivity index (χ3v) is 4.89. The van der Waals surface area contributed by atoms with Gasteiger partial charge in [-0.15, -0.1) is 0 Å². The lowest BCUT2D eigenvalue weighted by atomic mass is 10.1. The fourth-order valence-corrected chi connectivity index (χ4v) is 3.43. The van der Waals surface area contributed by atoms with Crippen molar-refractivity contribution in [2.75, 3.05) is 13.2 Å². The monoisotopic (exact) mass is 371 g/mol. The van der Waals surface area contributed by atoms with Gasteiger partial charge in [-0.2, -0.15) is 0 Å². The summed E-state index contributed by atoms with van der Waals surface area (Å²) in [6, 6.07) is 5.17. The fraction of sp³-hybridized carbons (Fsp3) is 0.571. The molecular formula is C21H29N3O3. The van der Waals surface area contributed by atoms with Crippen molar-refractivity contribution in [2.24, 2.45) is 0 Å². The van der Waals surface area contributed by atoms with Gasteiger partial charge in [-0.05, 0) is 51.3 Å². The number of amides is 1. The number of rotatable bonds is 6. The van der Waals surface area contributed by atoms with Crippen molar-refractivity contribution in [3.63, 3.8) is 0 Å². The standard InChI is InChI=1S/C21H29N3O3/c1-15(2)27-13-7-11-22-20(25)16-9-10-17-18(14-16)23-19-8-5-3-4-6-12-24(19)21(17)26/h9-10,14-15H,3-8,11-13H2,1-2H3,(H,22,25). The van der Waals surface area contributed by atoms with Crippen LogP contribution in [0.25, 0.3) is 10.9 Å². The average molecular weight is 371 g/mol. The smallest absolute Gasteiger partial charge is 0.261 e. The van der Waals surface area contributed by atoms with E-state index in [1.165, 1.54) is 6.42 Å². The van der Waals surface area contributed by atoms with Gasteiger partial charge in [0.05, 0.1) is 17.0 Å². The van der Waals surface area contributed by atoms with E-state index >= 15 is 0 Å². The Bertz CT molecular complexity index is 858. The van der Waals surface area contributed by atoms with Crippen LogP contribution in [0.3, 0.4) is 0 Å². The van der Waals surface area contributed by atoms with Crippen LogP contribution >= 0.6 is 0 Å². The van der Waals surface area contributed by atoms with Crippen LogP contribution in [0.15, 0.2) is 23.0 Å². The summed E-state index contributed by atoms with van der Waals surface area (Å²) in [7, 11) is 0. The quantitative estimate of drug-likeness (QED) is 0.792. The van der Waals surface area contributed by atoms with Gasteiger partial charge in [-0.25, -0.2) is 4.98 Å². The van der Waals surface area contributed by atoms with Crippen molar-refractivity contribution < 1.29 is 9.53 Å². The highest BCUT2D eigenvalue weighted by atomic mass is 16.5. The van der Waals surface area contributed by atoms with Crippen molar-refractivity contribution in [3.05, 3.63) is 39.9 Å². The van der Waals surface area contributed by atoms with Crippen molar-refractivity contribution in [3.8, 4) is 0 Å². The van der Waals surface area contributed by atoms with Crippen molar-refractivity contribution >= 4 is 16.8 Å². The van der Waals surface area contributed by atoms with Gasteiger partial charge < -0.3 is 10.1 Å². The van der Waals surface area contributed by atoms with E-state index in [0.717, 1.165) is 44.5 Å². The lowest BCUT2D eigenvalue weighted by molar-refractivity contribution is 0.0757. The molecular weight excluding hydrogens is 342 g/mol. The van der Waals surface area contributed by atoms with Gasteiger partial charge in [0.25, 0.3) is 11.5 Å². The van der Waals surface area contributed by atoms with Gasteiger partial charge in [0.2, 0.25) is 0 Å². The Morgan fingerprint density at radius 3 is 2.89 bits per heavy atom. The second kappa shape index (κ2) is 9.13. The van der Waals surface area contributed by atoms with Crippen molar-refractivity contribution in [1.82, 2.24) is 14.9 Å². The predicted molar refractivity (Wildman–Crippen MR) is 106 cm³/mol. The zero-order valence-corrected chi connectivity index (χ0v) is 16.3. The molecule has 1 amide bonds. The summed E-state index contributed by atoms with van der Waals surface area (Å²) in [5, 5.41) is 3.49. The number of nitrogens with one attached hydrogen (secondary N) is 1. The molecule has 6 nitrogen and oxygen atoms in total. The van der Waals surface area contributed by atoms with Gasteiger partial charge >= 0.3 is 0 Å². The summed E-state index contributed by atoms with van der Waals surface area (Å²) >= 11 is 0. The normalized spacial score (nSPS) is 14.6. The van der Waals surface area contributed by atoms with Crippen LogP contribution in [-0.4, -0.2) is 34.7 Å².